The zero-order valence-electron chi connectivity index (χ0n) is 16.2. The molecule has 4 rings (SSSR count). The highest BCUT2D eigenvalue weighted by atomic mass is 32.1. The van der Waals surface area contributed by atoms with E-state index in [9.17, 15) is 0 Å². The summed E-state index contributed by atoms with van der Waals surface area (Å²) in [5.74, 6) is 2.31. The molecule has 1 saturated heterocycles. The summed E-state index contributed by atoms with van der Waals surface area (Å²) in [5.41, 5.74) is 3.41. The maximum Gasteiger partial charge on any atom is 0.171 e. The zero-order valence-corrected chi connectivity index (χ0v) is 17.1. The van der Waals surface area contributed by atoms with Crippen molar-refractivity contribution in [3.8, 4) is 11.5 Å². The largest absolute Gasteiger partial charge is 0.486 e. The molecular formula is C22H27N3O2S. The van der Waals surface area contributed by atoms with Gasteiger partial charge < -0.3 is 25.0 Å². The summed E-state index contributed by atoms with van der Waals surface area (Å²) in [6.07, 6.45) is 2.62. The molecule has 148 valence electrons. The minimum atomic E-state index is 0.575. The highest BCUT2D eigenvalue weighted by Crippen LogP contribution is 2.32. The van der Waals surface area contributed by atoms with Gasteiger partial charge in [0.05, 0.1) is 0 Å². The lowest BCUT2D eigenvalue weighted by atomic mass is 9.99. The van der Waals surface area contributed by atoms with Crippen molar-refractivity contribution >= 4 is 28.7 Å². The molecule has 2 aromatic carbocycles. The number of thiocarbonyl (C=S) groups is 1. The predicted octanol–water partition coefficient (Wildman–Crippen LogP) is 4.18. The average molecular weight is 398 g/mol. The second-order valence-electron chi connectivity index (χ2n) is 7.53. The highest BCUT2D eigenvalue weighted by molar-refractivity contribution is 7.80. The number of benzene rings is 2. The Hall–Kier alpha value is -2.47. The third kappa shape index (κ3) is 4.68. The first-order valence-corrected chi connectivity index (χ1v) is 10.4. The number of hydrogen-bond donors (Lipinski definition) is 2. The molecule has 0 bridgehead atoms. The topological polar surface area (TPSA) is 45.8 Å². The Bertz CT molecular complexity index is 825. The molecule has 2 aromatic rings. The van der Waals surface area contributed by atoms with Gasteiger partial charge in [0.25, 0.3) is 0 Å². The standard InChI is InChI=1S/C22H27N3O2S/c1-16-3-2-10-25(15-16)19-7-4-17(5-8-19)14-23-22(28)24-18-6-9-20-21(13-18)27-12-11-26-20/h4-9,13,16H,2-3,10-12,14-15H2,1H3,(H2,23,24,28). The van der Waals surface area contributed by atoms with Gasteiger partial charge >= 0.3 is 0 Å². The number of rotatable bonds is 4. The van der Waals surface area contributed by atoms with Crippen LogP contribution in [0.2, 0.25) is 0 Å². The molecule has 0 amide bonds. The number of piperidine rings is 1. The number of ether oxygens (including phenoxy) is 2. The van der Waals surface area contributed by atoms with Crippen LogP contribution in [0.15, 0.2) is 42.5 Å². The fourth-order valence-electron chi connectivity index (χ4n) is 3.73. The van der Waals surface area contributed by atoms with Crippen molar-refractivity contribution in [3.05, 3.63) is 48.0 Å². The highest BCUT2D eigenvalue weighted by Gasteiger charge is 2.16. The molecule has 6 heteroatoms. The van der Waals surface area contributed by atoms with Crippen LogP contribution in [0.3, 0.4) is 0 Å². The Balaban J connectivity index is 1.28. The first kappa shape index (κ1) is 18.9. The molecule has 0 spiro atoms. The van der Waals surface area contributed by atoms with Crippen molar-refractivity contribution in [2.45, 2.75) is 26.3 Å². The van der Waals surface area contributed by atoms with E-state index in [-0.39, 0.29) is 0 Å². The van der Waals surface area contributed by atoms with Crippen LogP contribution in [0.1, 0.15) is 25.3 Å². The molecule has 2 heterocycles. The van der Waals surface area contributed by atoms with Gasteiger partial charge in [-0.3, -0.25) is 0 Å². The molecule has 2 N–H and O–H groups in total. The zero-order chi connectivity index (χ0) is 19.3. The van der Waals surface area contributed by atoms with Gasteiger partial charge in [0, 0.05) is 37.1 Å². The summed E-state index contributed by atoms with van der Waals surface area (Å²) in [4.78, 5) is 2.49. The summed E-state index contributed by atoms with van der Waals surface area (Å²) >= 11 is 5.43. The third-order valence-corrected chi connectivity index (χ3v) is 5.46. The smallest absolute Gasteiger partial charge is 0.171 e. The van der Waals surface area contributed by atoms with Crippen LogP contribution < -0.4 is 25.0 Å². The van der Waals surface area contributed by atoms with Crippen molar-refractivity contribution in [1.82, 2.24) is 5.32 Å². The minimum Gasteiger partial charge on any atom is -0.486 e. The van der Waals surface area contributed by atoms with Gasteiger partial charge in [-0.15, -0.1) is 0 Å². The van der Waals surface area contributed by atoms with Crippen molar-refractivity contribution in [2.24, 2.45) is 5.92 Å². The van der Waals surface area contributed by atoms with E-state index in [4.69, 9.17) is 21.7 Å². The number of nitrogens with zero attached hydrogens (tertiary/aromatic N) is 1. The van der Waals surface area contributed by atoms with E-state index in [1.807, 2.05) is 18.2 Å². The molecule has 1 unspecified atom stereocenters. The second kappa shape index (κ2) is 8.69. The Kier molecular flexibility index (Phi) is 5.86. The van der Waals surface area contributed by atoms with E-state index in [1.165, 1.54) is 24.1 Å². The van der Waals surface area contributed by atoms with Crippen LogP contribution in [0.25, 0.3) is 0 Å². The van der Waals surface area contributed by atoms with Crippen molar-refractivity contribution in [2.75, 3.05) is 36.5 Å². The van der Waals surface area contributed by atoms with Gasteiger partial charge in [0.1, 0.15) is 13.2 Å². The third-order valence-electron chi connectivity index (χ3n) is 5.21. The lowest BCUT2D eigenvalue weighted by Gasteiger charge is -2.32. The SMILES string of the molecule is CC1CCCN(c2ccc(CNC(=S)Nc3ccc4c(c3)OCCO4)cc2)C1. The Morgan fingerprint density at radius 3 is 2.68 bits per heavy atom. The Morgan fingerprint density at radius 2 is 1.89 bits per heavy atom. The van der Waals surface area contributed by atoms with Crippen molar-refractivity contribution < 1.29 is 9.47 Å². The van der Waals surface area contributed by atoms with Crippen molar-refractivity contribution in [3.63, 3.8) is 0 Å². The second-order valence-corrected chi connectivity index (χ2v) is 7.93. The van der Waals surface area contributed by atoms with Gasteiger partial charge in [-0.2, -0.15) is 0 Å². The van der Waals surface area contributed by atoms with Gasteiger partial charge in [-0.25, -0.2) is 0 Å². The van der Waals surface area contributed by atoms with E-state index in [0.29, 0.717) is 24.9 Å². The monoisotopic (exact) mass is 397 g/mol. The molecule has 0 saturated carbocycles. The molecule has 0 radical (unpaired) electrons. The fraction of sp³-hybridized carbons (Fsp3) is 0.409. The normalized spacial score (nSPS) is 18.5. The molecule has 0 aromatic heterocycles. The first-order valence-electron chi connectivity index (χ1n) is 9.96. The summed E-state index contributed by atoms with van der Waals surface area (Å²) in [6.45, 7) is 6.50. The van der Waals surface area contributed by atoms with Gasteiger partial charge in [0.2, 0.25) is 0 Å². The maximum atomic E-state index is 5.61. The van der Waals surface area contributed by atoms with E-state index in [1.54, 1.807) is 0 Å². The summed E-state index contributed by atoms with van der Waals surface area (Å²) in [7, 11) is 0. The van der Waals surface area contributed by atoms with Crippen LogP contribution in [-0.4, -0.2) is 31.4 Å². The molecule has 2 aliphatic rings. The van der Waals surface area contributed by atoms with Gasteiger partial charge in [0.15, 0.2) is 16.6 Å². The van der Waals surface area contributed by atoms with Crippen LogP contribution in [0.4, 0.5) is 11.4 Å². The lowest BCUT2D eigenvalue weighted by Crippen LogP contribution is -2.34. The van der Waals surface area contributed by atoms with Crippen LogP contribution in [0.5, 0.6) is 11.5 Å². The van der Waals surface area contributed by atoms with E-state index in [0.717, 1.165) is 36.2 Å². The van der Waals surface area contributed by atoms with Gasteiger partial charge in [-0.05, 0) is 60.8 Å². The summed E-state index contributed by atoms with van der Waals surface area (Å²) in [5, 5.41) is 7.06. The summed E-state index contributed by atoms with van der Waals surface area (Å²) < 4.78 is 11.2. The average Bonchev–Trinajstić information content (AvgIpc) is 2.72. The van der Waals surface area contributed by atoms with E-state index in [2.05, 4.69) is 46.7 Å². The number of fused-ring (bicyclic) bond motifs is 1. The van der Waals surface area contributed by atoms with Crippen LogP contribution in [0, 0.1) is 5.92 Å². The Morgan fingerprint density at radius 1 is 1.11 bits per heavy atom. The lowest BCUT2D eigenvalue weighted by molar-refractivity contribution is 0.171. The quantitative estimate of drug-likeness (QED) is 0.755. The molecule has 1 fully saturated rings. The Labute approximate surface area is 172 Å². The maximum absolute atomic E-state index is 5.61. The van der Waals surface area contributed by atoms with E-state index < -0.39 is 0 Å². The molecule has 5 nitrogen and oxygen atoms in total. The number of anilines is 2. The van der Waals surface area contributed by atoms with Crippen molar-refractivity contribution in [1.29, 1.82) is 0 Å². The number of hydrogen-bond acceptors (Lipinski definition) is 4. The minimum absolute atomic E-state index is 0.575. The molecule has 1 atom stereocenters. The van der Waals surface area contributed by atoms with E-state index >= 15 is 0 Å². The summed E-state index contributed by atoms with van der Waals surface area (Å²) in [6, 6.07) is 14.5. The van der Waals surface area contributed by atoms with Crippen LogP contribution in [-0.2, 0) is 6.54 Å². The molecular weight excluding hydrogens is 370 g/mol. The van der Waals surface area contributed by atoms with Crippen LogP contribution >= 0.6 is 12.2 Å². The number of nitrogens with one attached hydrogen (secondary N) is 2. The molecule has 0 aliphatic carbocycles. The molecule has 28 heavy (non-hydrogen) atoms. The fourth-order valence-corrected chi connectivity index (χ4v) is 3.92. The predicted molar refractivity (Wildman–Crippen MR) is 118 cm³/mol. The molecule has 2 aliphatic heterocycles. The first-order chi connectivity index (χ1) is 13.7. The van der Waals surface area contributed by atoms with Gasteiger partial charge in [-0.1, -0.05) is 19.1 Å².